The summed E-state index contributed by atoms with van der Waals surface area (Å²) in [7, 11) is 1.75. The zero-order chi connectivity index (χ0) is 24.5. The van der Waals surface area contributed by atoms with Crippen molar-refractivity contribution in [2.45, 2.75) is 58.4 Å². The van der Waals surface area contributed by atoms with Crippen LogP contribution < -0.4 is 10.2 Å². The lowest BCUT2D eigenvalue weighted by molar-refractivity contribution is -0.143. The van der Waals surface area contributed by atoms with E-state index in [9.17, 15) is 14.4 Å². The molecule has 3 rings (SSSR count). The summed E-state index contributed by atoms with van der Waals surface area (Å²) in [5.74, 6) is -0.300. The molecule has 1 heterocycles. The summed E-state index contributed by atoms with van der Waals surface area (Å²) < 4.78 is 4.92. The molecule has 7 heteroatoms. The van der Waals surface area contributed by atoms with Crippen LogP contribution in [0.2, 0.25) is 0 Å². The summed E-state index contributed by atoms with van der Waals surface area (Å²) in [4.78, 5) is 43.0. The highest BCUT2D eigenvalue weighted by Gasteiger charge is 2.27. The number of nitrogens with one attached hydrogen (secondary N) is 1. The molecular formula is C27H33N3O4. The van der Waals surface area contributed by atoms with E-state index in [0.717, 1.165) is 48.2 Å². The lowest BCUT2D eigenvalue weighted by atomic mass is 9.99. The Morgan fingerprint density at radius 2 is 1.74 bits per heavy atom. The van der Waals surface area contributed by atoms with Crippen molar-refractivity contribution in [1.82, 2.24) is 0 Å². The van der Waals surface area contributed by atoms with Gasteiger partial charge in [0.05, 0.1) is 18.0 Å². The summed E-state index contributed by atoms with van der Waals surface area (Å²) in [5, 5.41) is 2.98. The van der Waals surface area contributed by atoms with Crippen LogP contribution in [0.3, 0.4) is 0 Å². The maximum Gasteiger partial charge on any atom is 0.305 e. The minimum absolute atomic E-state index is 0.0602. The molecule has 0 saturated heterocycles. The van der Waals surface area contributed by atoms with Gasteiger partial charge in [0, 0.05) is 36.7 Å². The topological polar surface area (TPSA) is 88.1 Å². The number of benzene rings is 2. The van der Waals surface area contributed by atoms with Crippen molar-refractivity contribution in [2.75, 3.05) is 23.9 Å². The Balaban J connectivity index is 1.65. The van der Waals surface area contributed by atoms with Crippen molar-refractivity contribution >= 4 is 34.9 Å². The average molecular weight is 464 g/mol. The molecular weight excluding hydrogens is 430 g/mol. The number of nitrogens with zero attached hydrogens (tertiary/aromatic N) is 2. The second-order valence-electron chi connectivity index (χ2n) is 8.42. The summed E-state index contributed by atoms with van der Waals surface area (Å²) >= 11 is 0. The maximum absolute atomic E-state index is 12.7. The van der Waals surface area contributed by atoms with Gasteiger partial charge in [-0.2, -0.15) is 0 Å². The molecule has 0 bridgehead atoms. The first kappa shape index (κ1) is 25.1. The van der Waals surface area contributed by atoms with E-state index in [1.54, 1.807) is 25.8 Å². The van der Waals surface area contributed by atoms with Crippen LogP contribution in [0.4, 0.5) is 11.4 Å². The van der Waals surface area contributed by atoms with Gasteiger partial charge in [-0.25, -0.2) is 0 Å². The van der Waals surface area contributed by atoms with Crippen LogP contribution in [0, 0.1) is 0 Å². The molecule has 1 aliphatic rings. The van der Waals surface area contributed by atoms with Gasteiger partial charge in [-0.05, 0) is 44.9 Å². The Morgan fingerprint density at radius 3 is 2.44 bits per heavy atom. The molecule has 7 nitrogen and oxygen atoms in total. The SMILES string of the molecule is CCOC(=O)CCCCCCC(=O)Nc1ccc2c(c1)C(c1ccccc1)=N[C@H](C)C(=O)N2C. The highest BCUT2D eigenvalue weighted by atomic mass is 16.5. The smallest absolute Gasteiger partial charge is 0.305 e. The first-order valence-corrected chi connectivity index (χ1v) is 11.9. The number of carbonyl (C=O) groups excluding carboxylic acids is 3. The number of unbranched alkanes of at least 4 members (excludes halogenated alkanes) is 3. The molecule has 34 heavy (non-hydrogen) atoms. The van der Waals surface area contributed by atoms with Crippen LogP contribution in [-0.4, -0.2) is 43.2 Å². The van der Waals surface area contributed by atoms with E-state index in [2.05, 4.69) is 5.32 Å². The predicted molar refractivity (Wildman–Crippen MR) is 134 cm³/mol. The van der Waals surface area contributed by atoms with Crippen LogP contribution in [0.5, 0.6) is 0 Å². The molecule has 2 aromatic rings. The van der Waals surface area contributed by atoms with E-state index in [4.69, 9.17) is 9.73 Å². The predicted octanol–water partition coefficient (Wildman–Crippen LogP) is 4.73. The number of carbonyl (C=O) groups is 3. The van der Waals surface area contributed by atoms with Crippen molar-refractivity contribution in [1.29, 1.82) is 0 Å². The number of rotatable bonds is 10. The highest BCUT2D eigenvalue weighted by Crippen LogP contribution is 2.30. The van der Waals surface area contributed by atoms with E-state index in [1.165, 1.54) is 0 Å². The zero-order valence-corrected chi connectivity index (χ0v) is 20.2. The number of amides is 2. The van der Waals surface area contributed by atoms with Crippen LogP contribution in [-0.2, 0) is 19.1 Å². The largest absolute Gasteiger partial charge is 0.466 e. The molecule has 0 aromatic heterocycles. The normalized spacial score (nSPS) is 15.3. The Bertz CT molecular complexity index is 1050. The lowest BCUT2D eigenvalue weighted by Crippen LogP contribution is -2.33. The number of anilines is 2. The molecule has 2 amide bonds. The van der Waals surface area contributed by atoms with Crippen molar-refractivity contribution in [3.05, 3.63) is 59.7 Å². The van der Waals surface area contributed by atoms with Gasteiger partial charge in [0.15, 0.2) is 0 Å². The van der Waals surface area contributed by atoms with Gasteiger partial charge in [0.1, 0.15) is 6.04 Å². The standard InChI is InChI=1S/C27H33N3O4/c1-4-34-25(32)15-11-6-5-10-14-24(31)29-21-16-17-23-22(18-21)26(20-12-8-7-9-13-20)28-19(2)27(33)30(23)3/h7-9,12-13,16-19H,4-6,10-11,14-15H2,1-3H3,(H,29,31)/t19-/m1/s1. The lowest BCUT2D eigenvalue weighted by Gasteiger charge is -2.20. The van der Waals surface area contributed by atoms with Gasteiger partial charge in [-0.3, -0.25) is 19.4 Å². The molecule has 0 saturated carbocycles. The van der Waals surface area contributed by atoms with E-state index in [-0.39, 0.29) is 17.8 Å². The van der Waals surface area contributed by atoms with Crippen molar-refractivity contribution in [2.24, 2.45) is 4.99 Å². The molecule has 2 aromatic carbocycles. The summed E-state index contributed by atoms with van der Waals surface area (Å²) in [6.45, 7) is 4.00. The molecule has 180 valence electrons. The molecule has 1 N–H and O–H groups in total. The summed E-state index contributed by atoms with van der Waals surface area (Å²) in [6, 6.07) is 14.8. The quantitative estimate of drug-likeness (QED) is 0.408. The van der Waals surface area contributed by atoms with Gasteiger partial charge >= 0.3 is 5.97 Å². The van der Waals surface area contributed by atoms with Crippen molar-refractivity contribution in [3.8, 4) is 0 Å². The molecule has 0 radical (unpaired) electrons. The van der Waals surface area contributed by atoms with Crippen molar-refractivity contribution < 1.29 is 19.1 Å². The number of likely N-dealkylation sites (N-methyl/N-ethyl adjacent to an activating group) is 1. The fourth-order valence-electron chi connectivity index (χ4n) is 4.00. The highest BCUT2D eigenvalue weighted by molar-refractivity contribution is 6.20. The van der Waals surface area contributed by atoms with E-state index in [0.29, 0.717) is 25.1 Å². The second kappa shape index (κ2) is 12.1. The van der Waals surface area contributed by atoms with Crippen LogP contribution >= 0.6 is 0 Å². The Labute approximate surface area is 201 Å². The molecule has 0 spiro atoms. The Hall–Kier alpha value is -3.48. The van der Waals surface area contributed by atoms with Crippen molar-refractivity contribution in [3.63, 3.8) is 0 Å². The number of esters is 1. The third-order valence-corrected chi connectivity index (χ3v) is 5.79. The minimum atomic E-state index is -0.505. The maximum atomic E-state index is 12.7. The van der Waals surface area contributed by atoms with Gasteiger partial charge in [-0.15, -0.1) is 0 Å². The third-order valence-electron chi connectivity index (χ3n) is 5.79. The van der Waals surface area contributed by atoms with Crippen LogP contribution in [0.25, 0.3) is 0 Å². The van der Waals surface area contributed by atoms with E-state index in [1.807, 2.05) is 48.5 Å². The molecule has 1 aliphatic heterocycles. The number of ether oxygens (including phenoxy) is 1. The molecule has 0 aliphatic carbocycles. The van der Waals surface area contributed by atoms with Gasteiger partial charge in [-0.1, -0.05) is 43.2 Å². The first-order valence-electron chi connectivity index (χ1n) is 11.9. The molecule has 1 atom stereocenters. The molecule has 0 unspecified atom stereocenters. The van der Waals surface area contributed by atoms with Crippen LogP contribution in [0.1, 0.15) is 63.5 Å². The number of hydrogen-bond donors (Lipinski definition) is 1. The second-order valence-corrected chi connectivity index (χ2v) is 8.42. The van der Waals surface area contributed by atoms with E-state index >= 15 is 0 Å². The average Bonchev–Trinajstić information content (AvgIpc) is 2.92. The van der Waals surface area contributed by atoms with Crippen LogP contribution in [0.15, 0.2) is 53.5 Å². The van der Waals surface area contributed by atoms with Gasteiger partial charge < -0.3 is 15.0 Å². The Kier molecular flexibility index (Phi) is 8.96. The van der Waals surface area contributed by atoms with Gasteiger partial charge in [0.25, 0.3) is 5.91 Å². The summed E-state index contributed by atoms with van der Waals surface area (Å²) in [5.41, 5.74) is 3.90. The summed E-state index contributed by atoms with van der Waals surface area (Å²) in [6.07, 6.45) is 4.14. The van der Waals surface area contributed by atoms with Gasteiger partial charge in [0.2, 0.25) is 5.91 Å². The first-order chi connectivity index (χ1) is 16.4. The fourth-order valence-corrected chi connectivity index (χ4v) is 4.00. The number of fused-ring (bicyclic) bond motifs is 1. The monoisotopic (exact) mass is 463 g/mol. The minimum Gasteiger partial charge on any atom is -0.466 e. The third kappa shape index (κ3) is 6.53. The zero-order valence-electron chi connectivity index (χ0n) is 20.2. The number of aliphatic imine (C=N–C) groups is 1. The Morgan fingerprint density at radius 1 is 1.03 bits per heavy atom. The number of benzodiazepines with no additional fused rings is 1. The fraction of sp³-hybridized carbons (Fsp3) is 0.407. The molecule has 0 fully saturated rings. The van der Waals surface area contributed by atoms with E-state index < -0.39 is 6.04 Å². The number of hydrogen-bond acceptors (Lipinski definition) is 5.